The highest BCUT2D eigenvalue weighted by molar-refractivity contribution is 9.10. The monoisotopic (exact) mass is 280 g/mol. The minimum atomic E-state index is 0.306. The Hall–Kier alpha value is 0.470. The Bertz CT molecular complexity index is 257. The normalized spacial score (nSPS) is 13.6. The van der Waals surface area contributed by atoms with Crippen LogP contribution in [0.5, 0.6) is 0 Å². The second-order valence-corrected chi connectivity index (χ2v) is 6.00. The molecule has 1 rings (SSSR count). The lowest BCUT2D eigenvalue weighted by Crippen LogP contribution is -2.08. The van der Waals surface area contributed by atoms with Gasteiger partial charge in [0.25, 0.3) is 0 Å². The maximum atomic E-state index is 6.17. The first-order chi connectivity index (χ1) is 6.09. The summed E-state index contributed by atoms with van der Waals surface area (Å²) < 4.78 is 1.18. The first-order valence-electron chi connectivity index (χ1n) is 4.46. The van der Waals surface area contributed by atoms with Crippen LogP contribution in [0.4, 0.5) is 0 Å². The molecule has 1 aromatic rings. The minimum absolute atomic E-state index is 0.306. The third-order valence-electron chi connectivity index (χ3n) is 2.01. The van der Waals surface area contributed by atoms with Crippen LogP contribution in [0.15, 0.2) is 15.9 Å². The zero-order chi connectivity index (χ0) is 9.84. The lowest BCUT2D eigenvalue weighted by Gasteiger charge is -2.11. The van der Waals surface area contributed by atoms with Crippen LogP contribution in [0.25, 0.3) is 0 Å². The Kier molecular flexibility index (Phi) is 4.77. The molecule has 0 aliphatic heterocycles. The van der Waals surface area contributed by atoms with Crippen LogP contribution in [0.2, 0.25) is 0 Å². The highest BCUT2D eigenvalue weighted by Gasteiger charge is 2.09. The van der Waals surface area contributed by atoms with Crippen molar-refractivity contribution in [1.82, 2.24) is 0 Å². The van der Waals surface area contributed by atoms with Crippen LogP contribution in [-0.4, -0.2) is 5.38 Å². The average Bonchev–Trinajstić information content (AvgIpc) is 2.47. The molecule has 0 radical (unpaired) electrons. The molecular formula is C10H14BrClS. The smallest absolute Gasteiger partial charge is 0.0362 e. The summed E-state index contributed by atoms with van der Waals surface area (Å²) in [7, 11) is 0. The highest BCUT2D eigenvalue weighted by Crippen LogP contribution is 2.23. The summed E-state index contributed by atoms with van der Waals surface area (Å²) in [6.45, 7) is 4.34. The van der Waals surface area contributed by atoms with Crippen LogP contribution >= 0.6 is 38.9 Å². The molecule has 0 nitrogen and oxygen atoms in total. The summed E-state index contributed by atoms with van der Waals surface area (Å²) in [5.41, 5.74) is 0. The van der Waals surface area contributed by atoms with Gasteiger partial charge in [-0.25, -0.2) is 0 Å². The Morgan fingerprint density at radius 1 is 1.54 bits per heavy atom. The summed E-state index contributed by atoms with van der Waals surface area (Å²) in [6.07, 6.45) is 2.18. The van der Waals surface area contributed by atoms with Gasteiger partial charge in [0, 0.05) is 20.1 Å². The molecule has 0 saturated carbocycles. The van der Waals surface area contributed by atoms with Gasteiger partial charge in [-0.15, -0.1) is 22.9 Å². The number of aryl methyl sites for hydroxylation is 1. The van der Waals surface area contributed by atoms with Gasteiger partial charge in [-0.1, -0.05) is 13.8 Å². The third-order valence-corrected chi connectivity index (χ3v) is 4.49. The van der Waals surface area contributed by atoms with Crippen molar-refractivity contribution in [2.24, 2.45) is 5.92 Å². The zero-order valence-corrected chi connectivity index (χ0v) is 11.0. The van der Waals surface area contributed by atoms with E-state index in [1.807, 2.05) is 0 Å². The van der Waals surface area contributed by atoms with Gasteiger partial charge in [0.15, 0.2) is 0 Å². The summed E-state index contributed by atoms with van der Waals surface area (Å²) in [4.78, 5) is 1.41. The Morgan fingerprint density at radius 3 is 2.69 bits per heavy atom. The Labute approximate surface area is 97.4 Å². The summed E-state index contributed by atoms with van der Waals surface area (Å²) >= 11 is 11.4. The van der Waals surface area contributed by atoms with Crippen molar-refractivity contribution in [3.8, 4) is 0 Å². The van der Waals surface area contributed by atoms with Crippen molar-refractivity contribution >= 4 is 38.9 Å². The van der Waals surface area contributed by atoms with Gasteiger partial charge in [-0.3, -0.25) is 0 Å². The Balaban J connectivity index is 2.35. The minimum Gasteiger partial charge on any atom is -0.148 e. The molecular weight excluding hydrogens is 268 g/mol. The second-order valence-electron chi connectivity index (χ2n) is 3.53. The number of rotatable bonds is 4. The van der Waals surface area contributed by atoms with Crippen LogP contribution in [0.3, 0.4) is 0 Å². The number of hydrogen-bond donors (Lipinski definition) is 0. The summed E-state index contributed by atoms with van der Waals surface area (Å²) in [6, 6.07) is 2.18. The molecule has 13 heavy (non-hydrogen) atoms. The largest absolute Gasteiger partial charge is 0.148 e. The summed E-state index contributed by atoms with van der Waals surface area (Å²) in [5, 5.41) is 2.43. The van der Waals surface area contributed by atoms with Gasteiger partial charge in [0.1, 0.15) is 0 Å². The number of halogens is 2. The van der Waals surface area contributed by atoms with Crippen LogP contribution in [0, 0.1) is 5.92 Å². The molecule has 1 atom stereocenters. The van der Waals surface area contributed by atoms with Crippen LogP contribution in [-0.2, 0) is 6.42 Å². The molecule has 1 aromatic heterocycles. The average molecular weight is 282 g/mol. The molecule has 3 heteroatoms. The lowest BCUT2D eigenvalue weighted by molar-refractivity contribution is 0.567. The maximum absolute atomic E-state index is 6.17. The van der Waals surface area contributed by atoms with Crippen molar-refractivity contribution in [1.29, 1.82) is 0 Å². The summed E-state index contributed by atoms with van der Waals surface area (Å²) in [5.74, 6) is 0.574. The van der Waals surface area contributed by atoms with Crippen molar-refractivity contribution in [3.63, 3.8) is 0 Å². The van der Waals surface area contributed by atoms with Gasteiger partial charge < -0.3 is 0 Å². The van der Waals surface area contributed by atoms with E-state index in [1.165, 1.54) is 9.35 Å². The van der Waals surface area contributed by atoms with E-state index in [-0.39, 0.29) is 0 Å². The number of thiophene rings is 1. The van der Waals surface area contributed by atoms with E-state index in [2.05, 4.69) is 41.2 Å². The molecule has 1 heterocycles. The highest BCUT2D eigenvalue weighted by atomic mass is 79.9. The third kappa shape index (κ3) is 4.01. The van der Waals surface area contributed by atoms with E-state index in [9.17, 15) is 0 Å². The molecule has 0 aliphatic rings. The fourth-order valence-corrected chi connectivity index (χ4v) is 2.68. The van der Waals surface area contributed by atoms with Gasteiger partial charge >= 0.3 is 0 Å². The van der Waals surface area contributed by atoms with Gasteiger partial charge in [0.2, 0.25) is 0 Å². The first kappa shape index (κ1) is 11.5. The molecule has 0 spiro atoms. The quantitative estimate of drug-likeness (QED) is 0.701. The Morgan fingerprint density at radius 2 is 2.23 bits per heavy atom. The predicted molar refractivity (Wildman–Crippen MR) is 64.8 cm³/mol. The van der Waals surface area contributed by atoms with Crippen molar-refractivity contribution in [2.75, 3.05) is 0 Å². The SMILES string of the molecule is CC(C)C(Cl)CCc1cc(Br)cs1. The van der Waals surface area contributed by atoms with Crippen molar-refractivity contribution in [2.45, 2.75) is 32.1 Å². The molecule has 0 bridgehead atoms. The number of hydrogen-bond acceptors (Lipinski definition) is 1. The van der Waals surface area contributed by atoms with Gasteiger partial charge in [0.05, 0.1) is 0 Å². The van der Waals surface area contributed by atoms with Gasteiger partial charge in [-0.2, -0.15) is 0 Å². The maximum Gasteiger partial charge on any atom is 0.0362 e. The van der Waals surface area contributed by atoms with E-state index in [0.29, 0.717) is 11.3 Å². The molecule has 0 aromatic carbocycles. The van der Waals surface area contributed by atoms with Gasteiger partial charge in [-0.05, 0) is 40.8 Å². The fourth-order valence-electron chi connectivity index (χ4n) is 1.10. The second kappa shape index (κ2) is 5.38. The molecule has 74 valence electrons. The lowest BCUT2D eigenvalue weighted by atomic mass is 10.1. The predicted octanol–water partition coefficient (Wildman–Crippen LogP) is 4.71. The molecule has 0 saturated heterocycles. The topological polar surface area (TPSA) is 0 Å². The van der Waals surface area contributed by atoms with E-state index < -0.39 is 0 Å². The molecule has 0 fully saturated rings. The molecule has 0 N–H and O–H groups in total. The van der Waals surface area contributed by atoms with Crippen LogP contribution < -0.4 is 0 Å². The number of alkyl halides is 1. The van der Waals surface area contributed by atoms with E-state index in [1.54, 1.807) is 11.3 Å². The van der Waals surface area contributed by atoms with E-state index in [4.69, 9.17) is 11.6 Å². The standard InChI is InChI=1S/C10H14BrClS/c1-7(2)10(12)4-3-9-5-8(11)6-13-9/h5-7,10H,3-4H2,1-2H3. The van der Waals surface area contributed by atoms with Crippen molar-refractivity contribution < 1.29 is 0 Å². The molecule has 0 amide bonds. The van der Waals surface area contributed by atoms with Crippen molar-refractivity contribution in [3.05, 3.63) is 20.8 Å². The first-order valence-corrected chi connectivity index (χ1v) is 6.57. The molecule has 0 aliphatic carbocycles. The fraction of sp³-hybridized carbons (Fsp3) is 0.600. The van der Waals surface area contributed by atoms with Crippen LogP contribution in [0.1, 0.15) is 25.1 Å². The zero-order valence-electron chi connectivity index (χ0n) is 7.89. The molecule has 1 unspecified atom stereocenters. The van der Waals surface area contributed by atoms with E-state index >= 15 is 0 Å². The van der Waals surface area contributed by atoms with E-state index in [0.717, 1.165) is 12.8 Å².